The Bertz CT molecular complexity index is 277. The zero-order valence-corrected chi connectivity index (χ0v) is 10.8. The minimum atomic E-state index is -1.82. The van der Waals surface area contributed by atoms with Crippen molar-refractivity contribution in [3.8, 4) is 0 Å². The molecule has 0 aromatic rings. The molecule has 1 radical (unpaired) electrons. The molecule has 0 bridgehead atoms. The van der Waals surface area contributed by atoms with E-state index in [1.165, 1.54) is 0 Å². The molecule has 0 aliphatic carbocycles. The van der Waals surface area contributed by atoms with Gasteiger partial charge in [0.05, 0.1) is 0 Å². The molecule has 0 heterocycles. The van der Waals surface area contributed by atoms with Crippen LogP contribution in [0.2, 0.25) is 0 Å². The zero-order chi connectivity index (χ0) is 15.5. The maximum atomic E-state index is 9.10. The van der Waals surface area contributed by atoms with Gasteiger partial charge in [-0.15, -0.1) is 0 Å². The summed E-state index contributed by atoms with van der Waals surface area (Å²) >= 11 is 0. The largest absolute Gasteiger partial charge is 0.473 e. The van der Waals surface area contributed by atoms with Crippen LogP contribution in [0.4, 0.5) is 0 Å². The summed E-state index contributed by atoms with van der Waals surface area (Å²) in [5.74, 6) is -10.9. The summed E-state index contributed by atoms with van der Waals surface area (Å²) in [5, 5.41) is 44.3. The van der Waals surface area contributed by atoms with Crippen molar-refractivity contribution in [1.29, 1.82) is 0 Å². The number of carboxylic acids is 6. The Morgan fingerprint density at radius 3 is 0.421 bits per heavy atom. The third kappa shape index (κ3) is 31.3. The maximum absolute atomic E-state index is 9.10. The Morgan fingerprint density at radius 2 is 0.421 bits per heavy atom. The van der Waals surface area contributed by atoms with Crippen LogP contribution < -0.4 is 0 Å². The van der Waals surface area contributed by atoms with E-state index in [2.05, 4.69) is 0 Å². The second kappa shape index (κ2) is 13.6. The molecule has 0 aliphatic heterocycles. The maximum Gasteiger partial charge on any atom is 0.414 e. The van der Waals surface area contributed by atoms with Gasteiger partial charge in [0.25, 0.3) is 0 Å². The van der Waals surface area contributed by atoms with Crippen molar-refractivity contribution in [2.24, 2.45) is 0 Å². The molecule has 0 spiro atoms. The monoisotopic (exact) mass is 363 g/mol. The van der Waals surface area contributed by atoms with Crippen LogP contribution in [-0.2, 0) is 51.1 Å². The third-order valence-corrected chi connectivity index (χ3v) is 0.549. The van der Waals surface area contributed by atoms with Crippen molar-refractivity contribution in [2.45, 2.75) is 0 Å². The smallest absolute Gasteiger partial charge is 0.414 e. The van der Waals surface area contributed by atoms with Crippen LogP contribution >= 0.6 is 0 Å². The first-order valence-electron chi connectivity index (χ1n) is 3.32. The van der Waals surface area contributed by atoms with Crippen molar-refractivity contribution < 1.29 is 81.8 Å². The Kier molecular flexibility index (Phi) is 18.2. The number of hydrogen-bond donors (Lipinski definition) is 6. The molecule has 107 valence electrons. The molecule has 0 unspecified atom stereocenters. The number of carbonyl (C=O) groups is 6. The Labute approximate surface area is 118 Å². The van der Waals surface area contributed by atoms with Gasteiger partial charge in [-0.3, -0.25) is 0 Å². The Hall–Kier alpha value is -2.44. The van der Waals surface area contributed by atoms with Crippen LogP contribution in [-0.4, -0.2) is 66.5 Å². The number of hydrogen-bond acceptors (Lipinski definition) is 6. The third-order valence-electron chi connectivity index (χ3n) is 0.549. The molecule has 12 nitrogen and oxygen atoms in total. The summed E-state index contributed by atoms with van der Waals surface area (Å²) < 4.78 is 0. The molecular formula is C6H6NbO12. The van der Waals surface area contributed by atoms with E-state index in [1.54, 1.807) is 0 Å². The summed E-state index contributed by atoms with van der Waals surface area (Å²) in [6, 6.07) is 0. The van der Waals surface area contributed by atoms with Gasteiger partial charge in [0.15, 0.2) is 0 Å². The molecule has 0 aromatic carbocycles. The zero-order valence-electron chi connectivity index (χ0n) is 8.58. The summed E-state index contributed by atoms with van der Waals surface area (Å²) in [5.41, 5.74) is 0. The van der Waals surface area contributed by atoms with Crippen LogP contribution in [0.3, 0.4) is 0 Å². The number of rotatable bonds is 0. The summed E-state index contributed by atoms with van der Waals surface area (Å²) in [7, 11) is 0. The molecule has 0 atom stereocenters. The predicted octanol–water partition coefficient (Wildman–Crippen LogP) is -2.54. The second-order valence-corrected chi connectivity index (χ2v) is 1.83. The van der Waals surface area contributed by atoms with Crippen molar-refractivity contribution in [3.05, 3.63) is 0 Å². The minimum absolute atomic E-state index is 0. The Balaban J connectivity index is -0.0000000865. The first kappa shape index (κ1) is 25.4. The van der Waals surface area contributed by atoms with Crippen LogP contribution in [0.15, 0.2) is 0 Å². The van der Waals surface area contributed by atoms with E-state index in [0.717, 1.165) is 0 Å². The minimum Gasteiger partial charge on any atom is -0.473 e. The quantitative estimate of drug-likeness (QED) is 0.193. The fourth-order valence-corrected chi connectivity index (χ4v) is 0. The van der Waals surface area contributed by atoms with E-state index in [9.17, 15) is 0 Å². The van der Waals surface area contributed by atoms with Crippen LogP contribution in [0.5, 0.6) is 0 Å². The molecule has 0 saturated carbocycles. The Morgan fingerprint density at radius 1 is 0.368 bits per heavy atom. The van der Waals surface area contributed by atoms with Gasteiger partial charge in [-0.25, -0.2) is 28.8 Å². The average Bonchev–Trinajstić information content (AvgIpc) is 2.18. The molecule has 13 heteroatoms. The molecule has 0 rings (SSSR count). The summed E-state index contributed by atoms with van der Waals surface area (Å²) in [6.45, 7) is 0. The first-order chi connectivity index (χ1) is 7.93. The van der Waals surface area contributed by atoms with Gasteiger partial charge >= 0.3 is 35.8 Å². The van der Waals surface area contributed by atoms with Gasteiger partial charge in [0.1, 0.15) is 0 Å². The topological polar surface area (TPSA) is 224 Å². The molecular weight excluding hydrogens is 357 g/mol. The van der Waals surface area contributed by atoms with E-state index < -0.39 is 35.8 Å². The van der Waals surface area contributed by atoms with E-state index in [1.807, 2.05) is 0 Å². The first-order valence-corrected chi connectivity index (χ1v) is 3.32. The van der Waals surface area contributed by atoms with E-state index in [4.69, 9.17) is 59.4 Å². The van der Waals surface area contributed by atoms with Gasteiger partial charge in [-0.2, -0.15) is 0 Å². The molecule has 0 aliphatic rings. The van der Waals surface area contributed by atoms with Gasteiger partial charge in [-0.05, 0) is 0 Å². The summed E-state index contributed by atoms with van der Waals surface area (Å²) in [6.07, 6.45) is 0. The van der Waals surface area contributed by atoms with Crippen molar-refractivity contribution in [1.82, 2.24) is 0 Å². The average molecular weight is 363 g/mol. The van der Waals surface area contributed by atoms with Gasteiger partial charge < -0.3 is 30.6 Å². The van der Waals surface area contributed by atoms with Crippen LogP contribution in [0.1, 0.15) is 0 Å². The van der Waals surface area contributed by atoms with Gasteiger partial charge in [0, 0.05) is 22.4 Å². The molecule has 0 saturated heterocycles. The molecule has 0 aromatic heterocycles. The van der Waals surface area contributed by atoms with Crippen molar-refractivity contribution >= 4 is 35.8 Å². The van der Waals surface area contributed by atoms with E-state index >= 15 is 0 Å². The molecule has 0 fully saturated rings. The van der Waals surface area contributed by atoms with Crippen molar-refractivity contribution in [2.75, 3.05) is 0 Å². The predicted molar refractivity (Wildman–Crippen MR) is 45.8 cm³/mol. The van der Waals surface area contributed by atoms with E-state index in [-0.39, 0.29) is 22.4 Å². The standard InChI is InChI=1S/3C2H2O4.Nb/c3*3-1(4)2(5)6;/h3*(H,3,4)(H,5,6);. The van der Waals surface area contributed by atoms with Crippen LogP contribution in [0, 0.1) is 0 Å². The molecule has 0 amide bonds. The number of carboxylic acid groups (broad SMARTS) is 6. The molecule has 6 N–H and O–H groups in total. The SMILES string of the molecule is O=C(O)C(=O)O.O=C(O)C(=O)O.O=C(O)C(=O)O.[Nb]. The summed E-state index contributed by atoms with van der Waals surface area (Å²) in [4.78, 5) is 54.6. The van der Waals surface area contributed by atoms with Crippen molar-refractivity contribution in [3.63, 3.8) is 0 Å². The second-order valence-electron chi connectivity index (χ2n) is 1.83. The van der Waals surface area contributed by atoms with E-state index in [0.29, 0.717) is 0 Å². The van der Waals surface area contributed by atoms with Crippen LogP contribution in [0.25, 0.3) is 0 Å². The number of aliphatic carboxylic acids is 6. The molecule has 19 heavy (non-hydrogen) atoms. The fraction of sp³-hybridized carbons (Fsp3) is 0. The normalized spacial score (nSPS) is 6.95. The fourth-order valence-electron chi connectivity index (χ4n) is 0. The van der Waals surface area contributed by atoms with Gasteiger partial charge in [0.2, 0.25) is 0 Å². The van der Waals surface area contributed by atoms with Gasteiger partial charge in [-0.1, -0.05) is 0 Å².